The van der Waals surface area contributed by atoms with E-state index in [1.807, 2.05) is 0 Å². The molecule has 2 fully saturated rings. The van der Waals surface area contributed by atoms with Crippen LogP contribution >= 0.6 is 0 Å². The van der Waals surface area contributed by atoms with Crippen molar-refractivity contribution in [1.82, 2.24) is 5.32 Å². The van der Waals surface area contributed by atoms with Gasteiger partial charge in [-0.25, -0.2) is 0 Å². The quantitative estimate of drug-likeness (QED) is 0.0259. The van der Waals surface area contributed by atoms with Crippen LogP contribution in [0.25, 0.3) is 0 Å². The van der Waals surface area contributed by atoms with E-state index in [0.29, 0.717) is 12.8 Å². The summed E-state index contributed by atoms with van der Waals surface area (Å²) in [6.45, 7) is 2.88. The summed E-state index contributed by atoms with van der Waals surface area (Å²) < 4.78 is 22.8. The third-order valence-electron chi connectivity index (χ3n) is 18.6. The first kappa shape index (κ1) is 80.1. The number of ether oxygens (including phenoxy) is 4. The zero-order valence-electron chi connectivity index (χ0n) is 55.1. The van der Waals surface area contributed by atoms with E-state index in [1.165, 1.54) is 276 Å². The molecule has 2 aliphatic rings. The second kappa shape index (κ2) is 56.9. The Balaban J connectivity index is 1.47. The molecule has 14 nitrogen and oxygen atoms in total. The zero-order valence-corrected chi connectivity index (χ0v) is 55.1. The van der Waals surface area contributed by atoms with Crippen LogP contribution in [0.15, 0.2) is 0 Å². The minimum atomic E-state index is -1.78. The van der Waals surface area contributed by atoms with Crippen molar-refractivity contribution in [3.05, 3.63) is 0 Å². The molecule has 0 aliphatic carbocycles. The number of carbonyl (C=O) groups excluding carboxylic acids is 1. The molecule has 0 bridgehead atoms. The lowest BCUT2D eigenvalue weighted by Crippen LogP contribution is -2.65. The normalized spacial score (nSPS) is 23.4. The number of unbranched alkanes of at least 4 members (excludes halogenated alkanes) is 49. The molecular formula is C71H139NO13. The summed E-state index contributed by atoms with van der Waals surface area (Å²) in [5, 5.41) is 87.2. The molecule has 506 valence electrons. The van der Waals surface area contributed by atoms with Gasteiger partial charge in [-0.1, -0.05) is 335 Å². The number of carbonyl (C=O) groups is 1. The Morgan fingerprint density at radius 1 is 0.376 bits per heavy atom. The minimum absolute atomic E-state index is 0.200. The molecule has 2 saturated heterocycles. The lowest BCUT2D eigenvalue weighted by atomic mass is 9.97. The van der Waals surface area contributed by atoms with E-state index in [1.54, 1.807) is 0 Å². The molecule has 85 heavy (non-hydrogen) atoms. The second-order valence-electron chi connectivity index (χ2n) is 26.4. The average Bonchev–Trinajstić information content (AvgIpc) is 2.93. The number of rotatable bonds is 62. The minimum Gasteiger partial charge on any atom is -0.394 e. The van der Waals surface area contributed by atoms with Crippen molar-refractivity contribution in [3.8, 4) is 0 Å². The molecular weight excluding hydrogens is 1070 g/mol. The molecule has 0 spiro atoms. The molecule has 0 aromatic heterocycles. The fourth-order valence-corrected chi connectivity index (χ4v) is 12.7. The molecule has 0 aromatic rings. The first-order valence-corrected chi connectivity index (χ1v) is 36.8. The van der Waals surface area contributed by atoms with Crippen LogP contribution in [0.1, 0.15) is 354 Å². The first-order chi connectivity index (χ1) is 41.6. The predicted molar refractivity (Wildman–Crippen MR) is 346 cm³/mol. The molecule has 0 saturated carbocycles. The number of nitrogens with one attached hydrogen (secondary N) is 1. The van der Waals surface area contributed by atoms with Gasteiger partial charge in [0.05, 0.1) is 32.0 Å². The van der Waals surface area contributed by atoms with Crippen molar-refractivity contribution < 1.29 is 64.6 Å². The van der Waals surface area contributed by atoms with E-state index >= 15 is 0 Å². The van der Waals surface area contributed by atoms with Crippen molar-refractivity contribution in [2.45, 2.75) is 428 Å². The van der Waals surface area contributed by atoms with Gasteiger partial charge in [0.1, 0.15) is 48.8 Å². The monoisotopic (exact) mass is 1210 g/mol. The Morgan fingerprint density at radius 2 is 0.671 bits per heavy atom. The summed E-state index contributed by atoms with van der Waals surface area (Å²) in [6.07, 6.45) is 52.0. The maximum Gasteiger partial charge on any atom is 0.220 e. The second-order valence-corrected chi connectivity index (χ2v) is 26.4. The molecule has 2 heterocycles. The number of hydrogen-bond acceptors (Lipinski definition) is 13. The van der Waals surface area contributed by atoms with Crippen molar-refractivity contribution in [2.75, 3.05) is 19.8 Å². The molecule has 2 rings (SSSR count). The number of amides is 1. The van der Waals surface area contributed by atoms with E-state index in [0.717, 1.165) is 51.4 Å². The lowest BCUT2D eigenvalue weighted by Gasteiger charge is -2.46. The van der Waals surface area contributed by atoms with E-state index in [9.17, 15) is 45.6 Å². The van der Waals surface area contributed by atoms with E-state index in [2.05, 4.69) is 19.2 Å². The molecule has 0 radical (unpaired) electrons. The smallest absolute Gasteiger partial charge is 0.220 e. The average molecular weight is 1210 g/mol. The fraction of sp³-hybridized carbons (Fsp3) is 0.986. The Hall–Kier alpha value is -1.01. The Labute approximate surface area is 521 Å². The number of aliphatic hydroxyl groups is 8. The van der Waals surface area contributed by atoms with Gasteiger partial charge < -0.3 is 65.1 Å². The summed E-state index contributed by atoms with van der Waals surface area (Å²) >= 11 is 0. The van der Waals surface area contributed by atoms with Gasteiger partial charge in [-0.2, -0.15) is 0 Å². The Kier molecular flexibility index (Phi) is 53.6. The van der Waals surface area contributed by atoms with E-state index in [-0.39, 0.29) is 12.5 Å². The maximum atomic E-state index is 13.3. The highest BCUT2D eigenvalue weighted by Crippen LogP contribution is 2.30. The summed E-state index contributed by atoms with van der Waals surface area (Å²) in [6, 6.07) is -0.822. The largest absolute Gasteiger partial charge is 0.394 e. The number of hydrogen-bond donors (Lipinski definition) is 9. The molecule has 1 amide bonds. The van der Waals surface area contributed by atoms with Gasteiger partial charge in [0.2, 0.25) is 5.91 Å². The third kappa shape index (κ3) is 41.2. The van der Waals surface area contributed by atoms with E-state index < -0.39 is 86.8 Å². The van der Waals surface area contributed by atoms with Crippen LogP contribution in [0.4, 0.5) is 0 Å². The van der Waals surface area contributed by atoms with Crippen molar-refractivity contribution in [2.24, 2.45) is 0 Å². The van der Waals surface area contributed by atoms with E-state index in [4.69, 9.17) is 18.9 Å². The molecule has 14 heteroatoms. The van der Waals surface area contributed by atoms with Crippen LogP contribution in [-0.2, 0) is 23.7 Å². The maximum absolute atomic E-state index is 13.3. The van der Waals surface area contributed by atoms with Crippen LogP contribution in [0.5, 0.6) is 0 Å². The predicted octanol–water partition coefficient (Wildman–Crippen LogP) is 15.2. The molecule has 12 unspecified atom stereocenters. The van der Waals surface area contributed by atoms with Gasteiger partial charge in [0.25, 0.3) is 0 Å². The van der Waals surface area contributed by atoms with Crippen LogP contribution in [0.3, 0.4) is 0 Å². The summed E-state index contributed by atoms with van der Waals surface area (Å²) in [5.41, 5.74) is 0. The molecule has 0 aromatic carbocycles. The molecule has 9 N–H and O–H groups in total. The SMILES string of the molecule is CCCCCCCCCCCCCCCCCCCCCCCCCCCCCCCCCCCCCCCCCCCC(=O)NC(COC1OC(CO)C(OC2OC(CO)C(O)C(O)C2O)C(O)C1O)C(O)CCCCCCCCCCCC. The van der Waals surface area contributed by atoms with Crippen LogP contribution in [0.2, 0.25) is 0 Å². The van der Waals surface area contributed by atoms with Gasteiger partial charge >= 0.3 is 0 Å². The lowest BCUT2D eigenvalue weighted by molar-refractivity contribution is -0.359. The van der Waals surface area contributed by atoms with Gasteiger partial charge in [0.15, 0.2) is 12.6 Å². The standard InChI is InChI=1S/C71H139NO13/c1-3-5-7-9-11-13-15-16-17-18-19-20-21-22-23-24-25-26-27-28-29-30-31-32-33-34-35-36-37-38-39-40-41-42-43-44-45-47-49-51-53-55-63(76)72-59(60(75)54-52-50-48-46-14-12-10-8-6-4-2)58-82-70-68(81)66(79)69(62(57-74)84-70)85-71-67(80)65(78)64(77)61(56-73)83-71/h59-62,64-71,73-75,77-81H,3-58H2,1-2H3,(H,72,76). The Bertz CT molecular complexity index is 1430. The van der Waals surface area contributed by atoms with Crippen molar-refractivity contribution >= 4 is 5.91 Å². The topological polar surface area (TPSA) is 228 Å². The van der Waals surface area contributed by atoms with Crippen LogP contribution in [-0.4, -0.2) is 140 Å². The zero-order chi connectivity index (χ0) is 61.6. The fourth-order valence-electron chi connectivity index (χ4n) is 12.7. The summed E-state index contributed by atoms with van der Waals surface area (Å²) in [7, 11) is 0. The molecule has 2 aliphatic heterocycles. The van der Waals surface area contributed by atoms with Crippen LogP contribution in [0, 0.1) is 0 Å². The van der Waals surface area contributed by atoms with Gasteiger partial charge in [-0.05, 0) is 12.8 Å². The van der Waals surface area contributed by atoms with Gasteiger partial charge in [0, 0.05) is 6.42 Å². The van der Waals surface area contributed by atoms with Crippen molar-refractivity contribution in [1.29, 1.82) is 0 Å². The summed E-state index contributed by atoms with van der Waals surface area (Å²) in [5.74, 6) is -0.200. The third-order valence-corrected chi connectivity index (χ3v) is 18.6. The van der Waals surface area contributed by atoms with Crippen LogP contribution < -0.4 is 5.32 Å². The first-order valence-electron chi connectivity index (χ1n) is 36.8. The van der Waals surface area contributed by atoms with Crippen molar-refractivity contribution in [3.63, 3.8) is 0 Å². The highest BCUT2D eigenvalue weighted by atomic mass is 16.7. The highest BCUT2D eigenvalue weighted by molar-refractivity contribution is 5.76. The Morgan fingerprint density at radius 3 is 1.00 bits per heavy atom. The number of aliphatic hydroxyl groups excluding tert-OH is 8. The summed E-state index contributed by atoms with van der Waals surface area (Å²) in [4.78, 5) is 13.3. The highest BCUT2D eigenvalue weighted by Gasteiger charge is 2.51. The molecule has 12 atom stereocenters. The van der Waals surface area contributed by atoms with Gasteiger partial charge in [-0.3, -0.25) is 4.79 Å². The van der Waals surface area contributed by atoms with Gasteiger partial charge in [-0.15, -0.1) is 0 Å².